The summed E-state index contributed by atoms with van der Waals surface area (Å²) in [5.74, 6) is 0.368. The average Bonchev–Trinajstić information content (AvgIpc) is 2.62. The minimum absolute atomic E-state index is 0.102. The van der Waals surface area contributed by atoms with Crippen molar-refractivity contribution in [3.63, 3.8) is 0 Å². The van der Waals surface area contributed by atoms with Gasteiger partial charge in [0.25, 0.3) is 5.91 Å². The van der Waals surface area contributed by atoms with Gasteiger partial charge in [-0.2, -0.15) is 0 Å². The molecule has 0 aliphatic rings. The number of carbonyl (C=O) groups is 1. The summed E-state index contributed by atoms with van der Waals surface area (Å²) in [6, 6.07) is 13.3. The lowest BCUT2D eigenvalue weighted by Gasteiger charge is -2.21. The third kappa shape index (κ3) is 5.72. The lowest BCUT2D eigenvalue weighted by molar-refractivity contribution is -0.907. The molecule has 2 rings (SSSR count). The molecule has 0 aliphatic carbocycles. The number of hydrogen-bond donors (Lipinski definition) is 2. The van der Waals surface area contributed by atoms with Crippen molar-refractivity contribution in [2.45, 2.75) is 19.5 Å². The molecule has 2 aromatic rings. The number of amides is 1. The van der Waals surface area contributed by atoms with E-state index in [4.69, 9.17) is 4.74 Å². The van der Waals surface area contributed by atoms with Crippen LogP contribution in [0.2, 0.25) is 0 Å². The lowest BCUT2D eigenvalue weighted by atomic mass is 10.1. The normalized spacial score (nSPS) is 12.9. The molecule has 1 unspecified atom stereocenters. The van der Waals surface area contributed by atoms with Crippen molar-refractivity contribution >= 4 is 11.6 Å². The van der Waals surface area contributed by atoms with E-state index >= 15 is 0 Å². The van der Waals surface area contributed by atoms with Crippen LogP contribution in [0.1, 0.15) is 12.5 Å². The quantitative estimate of drug-likeness (QED) is 0.723. The van der Waals surface area contributed by atoms with Gasteiger partial charge >= 0.3 is 0 Å². The second-order valence-electron chi connectivity index (χ2n) is 5.98. The summed E-state index contributed by atoms with van der Waals surface area (Å²) in [6.45, 7) is 6.67. The van der Waals surface area contributed by atoms with Crippen molar-refractivity contribution in [2.75, 3.05) is 19.0 Å². The number of likely N-dealkylation sites (N-methyl/N-ethyl adjacent to an activating group) is 1. The number of carbonyl (C=O) groups excluding carboxylic acids is 1. The van der Waals surface area contributed by atoms with E-state index in [1.54, 1.807) is 18.2 Å². The Morgan fingerprint density at radius 3 is 2.48 bits per heavy atom. The topological polar surface area (TPSA) is 42.8 Å². The third-order valence-corrected chi connectivity index (χ3v) is 4.02. The summed E-state index contributed by atoms with van der Waals surface area (Å²) < 4.78 is 18.4. The molecule has 2 N–H and O–H groups in total. The second kappa shape index (κ2) is 8.99. The monoisotopic (exact) mass is 343 g/mol. The molecular formula is C20H24FN2O2+. The Kier molecular flexibility index (Phi) is 6.71. The van der Waals surface area contributed by atoms with E-state index in [0.717, 1.165) is 16.2 Å². The van der Waals surface area contributed by atoms with Crippen molar-refractivity contribution in [3.8, 4) is 5.75 Å². The molecule has 0 spiro atoms. The second-order valence-corrected chi connectivity index (χ2v) is 5.98. The highest BCUT2D eigenvalue weighted by molar-refractivity contribution is 5.93. The Balaban J connectivity index is 1.90. The van der Waals surface area contributed by atoms with Crippen LogP contribution in [-0.4, -0.2) is 25.6 Å². The van der Waals surface area contributed by atoms with Gasteiger partial charge in [-0.25, -0.2) is 4.39 Å². The average molecular weight is 343 g/mol. The number of anilines is 1. The SMILES string of the molecule is C=CCOc1ccc(C[NH+](C)[C@@H](C)C(=O)Nc2ccc(F)cc2)cc1. The summed E-state index contributed by atoms with van der Waals surface area (Å²) in [6.07, 6.45) is 1.70. The van der Waals surface area contributed by atoms with Crippen molar-refractivity contribution in [1.29, 1.82) is 0 Å². The molecule has 0 heterocycles. The fraction of sp³-hybridized carbons (Fsp3) is 0.250. The van der Waals surface area contributed by atoms with Crippen LogP contribution < -0.4 is 15.0 Å². The number of rotatable bonds is 8. The molecule has 0 fully saturated rings. The zero-order valence-electron chi connectivity index (χ0n) is 14.6. The van der Waals surface area contributed by atoms with Gasteiger partial charge in [0.15, 0.2) is 6.04 Å². The van der Waals surface area contributed by atoms with Crippen LogP contribution in [-0.2, 0) is 11.3 Å². The number of quaternary nitrogens is 1. The largest absolute Gasteiger partial charge is 0.490 e. The van der Waals surface area contributed by atoms with Crippen LogP contribution in [0.5, 0.6) is 5.75 Å². The highest BCUT2D eigenvalue weighted by Gasteiger charge is 2.22. The predicted octanol–water partition coefficient (Wildman–Crippen LogP) is 2.43. The van der Waals surface area contributed by atoms with E-state index in [2.05, 4.69) is 11.9 Å². The van der Waals surface area contributed by atoms with Crippen LogP contribution in [0.15, 0.2) is 61.2 Å². The first-order valence-corrected chi connectivity index (χ1v) is 8.21. The molecule has 0 radical (unpaired) electrons. The standard InChI is InChI=1S/C20H23FN2O2/c1-4-13-25-19-11-5-16(6-12-19)14-23(3)15(2)20(24)22-18-9-7-17(21)8-10-18/h4-12,15H,1,13-14H2,2-3H3,(H,22,24)/p+1/t15-/m0/s1. The van der Waals surface area contributed by atoms with Crippen LogP contribution in [0.3, 0.4) is 0 Å². The van der Waals surface area contributed by atoms with Gasteiger partial charge in [-0.05, 0) is 55.5 Å². The smallest absolute Gasteiger partial charge is 0.282 e. The summed E-state index contributed by atoms with van der Waals surface area (Å²) in [5, 5.41) is 2.81. The van der Waals surface area contributed by atoms with Crippen molar-refractivity contribution < 1.29 is 18.8 Å². The van der Waals surface area contributed by atoms with Gasteiger partial charge in [0.05, 0.1) is 7.05 Å². The van der Waals surface area contributed by atoms with E-state index in [1.165, 1.54) is 12.1 Å². The molecule has 25 heavy (non-hydrogen) atoms. The number of ether oxygens (including phenoxy) is 1. The molecule has 0 saturated heterocycles. The van der Waals surface area contributed by atoms with E-state index in [-0.39, 0.29) is 17.8 Å². The first-order chi connectivity index (χ1) is 12.0. The minimum atomic E-state index is -0.325. The van der Waals surface area contributed by atoms with Crippen molar-refractivity contribution in [2.24, 2.45) is 0 Å². The van der Waals surface area contributed by atoms with E-state index in [9.17, 15) is 9.18 Å². The van der Waals surface area contributed by atoms with Gasteiger partial charge < -0.3 is 15.0 Å². The Morgan fingerprint density at radius 2 is 1.88 bits per heavy atom. The number of hydrogen-bond acceptors (Lipinski definition) is 2. The maximum Gasteiger partial charge on any atom is 0.282 e. The minimum Gasteiger partial charge on any atom is -0.490 e. The third-order valence-electron chi connectivity index (χ3n) is 4.02. The highest BCUT2D eigenvalue weighted by atomic mass is 19.1. The zero-order chi connectivity index (χ0) is 18.2. The summed E-state index contributed by atoms with van der Waals surface area (Å²) >= 11 is 0. The Hall–Kier alpha value is -2.66. The maximum atomic E-state index is 12.9. The van der Waals surface area contributed by atoms with Crippen molar-refractivity contribution in [3.05, 3.63) is 72.6 Å². The molecule has 0 aliphatic heterocycles. The molecular weight excluding hydrogens is 319 g/mol. The van der Waals surface area contributed by atoms with Crippen LogP contribution in [0, 0.1) is 5.82 Å². The fourth-order valence-corrected chi connectivity index (χ4v) is 2.34. The molecule has 4 nitrogen and oxygen atoms in total. The Labute approximate surface area is 147 Å². The van der Waals surface area contributed by atoms with Gasteiger partial charge in [-0.15, -0.1) is 0 Å². The first-order valence-electron chi connectivity index (χ1n) is 8.21. The van der Waals surface area contributed by atoms with E-state index in [1.807, 2.05) is 38.2 Å². The summed E-state index contributed by atoms with van der Waals surface area (Å²) in [4.78, 5) is 13.4. The molecule has 2 atom stereocenters. The van der Waals surface area contributed by atoms with Gasteiger partial charge in [0.1, 0.15) is 24.7 Å². The van der Waals surface area contributed by atoms with Crippen LogP contribution in [0.25, 0.3) is 0 Å². The first kappa shape index (κ1) is 18.7. The number of halogens is 1. The summed E-state index contributed by atoms with van der Waals surface area (Å²) in [7, 11) is 1.97. The zero-order valence-corrected chi connectivity index (χ0v) is 14.6. The molecule has 0 saturated carbocycles. The molecule has 0 aromatic heterocycles. The van der Waals surface area contributed by atoms with Crippen molar-refractivity contribution in [1.82, 2.24) is 0 Å². The summed E-state index contributed by atoms with van der Waals surface area (Å²) in [5.41, 5.74) is 1.71. The molecule has 5 heteroatoms. The molecule has 2 aromatic carbocycles. The Morgan fingerprint density at radius 1 is 1.24 bits per heavy atom. The van der Waals surface area contributed by atoms with Crippen LogP contribution >= 0.6 is 0 Å². The fourth-order valence-electron chi connectivity index (χ4n) is 2.34. The molecule has 132 valence electrons. The highest BCUT2D eigenvalue weighted by Crippen LogP contribution is 2.12. The molecule has 1 amide bonds. The van der Waals surface area contributed by atoms with Gasteiger partial charge in [0.2, 0.25) is 0 Å². The van der Waals surface area contributed by atoms with Crippen LogP contribution in [0.4, 0.5) is 10.1 Å². The van der Waals surface area contributed by atoms with Gasteiger partial charge in [0, 0.05) is 11.3 Å². The van der Waals surface area contributed by atoms with E-state index < -0.39 is 0 Å². The lowest BCUT2D eigenvalue weighted by Crippen LogP contribution is -3.12. The van der Waals surface area contributed by atoms with Gasteiger partial charge in [-0.3, -0.25) is 4.79 Å². The predicted molar refractivity (Wildman–Crippen MR) is 97.2 cm³/mol. The number of benzene rings is 2. The van der Waals surface area contributed by atoms with E-state index in [0.29, 0.717) is 18.8 Å². The number of nitrogens with one attached hydrogen (secondary N) is 2. The molecule has 0 bridgehead atoms. The Bertz CT molecular complexity index is 699. The maximum absolute atomic E-state index is 12.9. The van der Waals surface area contributed by atoms with Gasteiger partial charge in [-0.1, -0.05) is 12.7 Å².